The number of hydrogen-bond acceptors (Lipinski definition) is 3. The van der Waals surface area contributed by atoms with Gasteiger partial charge in [-0.3, -0.25) is 5.43 Å². The Morgan fingerprint density at radius 2 is 2.20 bits per heavy atom. The van der Waals surface area contributed by atoms with Crippen molar-refractivity contribution in [2.75, 3.05) is 0 Å². The Balaban J connectivity index is 2.98. The van der Waals surface area contributed by atoms with Gasteiger partial charge >= 0.3 is 0 Å². The minimum absolute atomic E-state index is 0.123. The minimum atomic E-state index is -1.19. The van der Waals surface area contributed by atoms with Crippen LogP contribution in [0.3, 0.4) is 0 Å². The zero-order valence-electron chi connectivity index (χ0n) is 7.37. The van der Waals surface area contributed by atoms with Gasteiger partial charge in [-0.25, -0.2) is 8.78 Å². The lowest BCUT2D eigenvalue weighted by Gasteiger charge is -2.01. The maximum Gasteiger partial charge on any atom is 0.184 e. The highest BCUT2D eigenvalue weighted by Gasteiger charge is 2.10. The summed E-state index contributed by atoms with van der Waals surface area (Å²) in [5.41, 5.74) is 6.81. The fourth-order valence-corrected chi connectivity index (χ4v) is 0.892. The third kappa shape index (κ3) is 2.84. The molecule has 0 saturated heterocycles. The molecule has 4 nitrogen and oxygen atoms in total. The molecule has 1 aromatic rings. The molecule has 0 radical (unpaired) electrons. The van der Waals surface area contributed by atoms with Crippen LogP contribution in [0.15, 0.2) is 17.2 Å². The third-order valence-electron chi connectivity index (χ3n) is 1.48. The number of nitrogens with two attached hydrogens (primary N) is 1. The van der Waals surface area contributed by atoms with E-state index in [1.807, 2.05) is 0 Å². The van der Waals surface area contributed by atoms with Gasteiger partial charge in [0.15, 0.2) is 16.7 Å². The molecular formula is C8H7F2N3OS. The van der Waals surface area contributed by atoms with Crippen molar-refractivity contribution < 1.29 is 13.9 Å². The van der Waals surface area contributed by atoms with E-state index in [0.717, 1.165) is 18.3 Å². The summed E-state index contributed by atoms with van der Waals surface area (Å²) in [4.78, 5) is 0. The predicted octanol–water partition coefficient (Wildman–Crippen LogP) is 0.838. The van der Waals surface area contributed by atoms with Crippen molar-refractivity contribution in [2.45, 2.75) is 0 Å². The number of hydrogen-bond donors (Lipinski definition) is 3. The van der Waals surface area contributed by atoms with Crippen LogP contribution in [0.4, 0.5) is 8.78 Å². The molecule has 0 bridgehead atoms. The first-order valence-electron chi connectivity index (χ1n) is 3.78. The number of benzene rings is 1. The highest BCUT2D eigenvalue weighted by atomic mass is 32.1. The first kappa shape index (κ1) is 11.3. The van der Waals surface area contributed by atoms with Crippen molar-refractivity contribution in [3.63, 3.8) is 0 Å². The van der Waals surface area contributed by atoms with E-state index in [9.17, 15) is 13.9 Å². The van der Waals surface area contributed by atoms with E-state index in [0.29, 0.717) is 0 Å². The van der Waals surface area contributed by atoms with E-state index in [-0.39, 0.29) is 10.7 Å². The Bertz CT molecular complexity index is 423. The van der Waals surface area contributed by atoms with E-state index >= 15 is 0 Å². The summed E-state index contributed by atoms with van der Waals surface area (Å²) in [6.07, 6.45) is 0.882. The van der Waals surface area contributed by atoms with Gasteiger partial charge in [-0.2, -0.15) is 5.10 Å². The van der Waals surface area contributed by atoms with Gasteiger partial charge in [-0.05, 0) is 24.4 Å². The fraction of sp³-hybridized carbons (Fsp3) is 0. The number of phenols is 1. The number of phenolic OH excluding ortho intramolecular Hbond substituents is 1. The molecule has 1 aromatic carbocycles. The minimum Gasteiger partial charge on any atom is -0.507 e. The lowest BCUT2D eigenvalue weighted by molar-refractivity contribution is 0.453. The topological polar surface area (TPSA) is 70.6 Å². The smallest absolute Gasteiger partial charge is 0.184 e. The normalized spacial score (nSPS) is 10.5. The Morgan fingerprint density at radius 3 is 2.80 bits per heavy atom. The molecule has 0 amide bonds. The second kappa shape index (κ2) is 4.65. The number of rotatable bonds is 2. The van der Waals surface area contributed by atoms with Gasteiger partial charge < -0.3 is 10.8 Å². The Hall–Kier alpha value is -1.76. The van der Waals surface area contributed by atoms with Gasteiger partial charge in [-0.1, -0.05) is 0 Å². The van der Waals surface area contributed by atoms with Crippen LogP contribution < -0.4 is 11.2 Å². The molecule has 0 aromatic heterocycles. The number of nitrogens with one attached hydrogen (secondary N) is 1. The second-order valence-electron chi connectivity index (χ2n) is 2.53. The van der Waals surface area contributed by atoms with Crippen LogP contribution in [0.5, 0.6) is 5.75 Å². The number of nitrogens with zero attached hydrogens (tertiary/aromatic N) is 1. The summed E-state index contributed by atoms with van der Waals surface area (Å²) in [5, 5.41) is 12.5. The summed E-state index contributed by atoms with van der Waals surface area (Å²) >= 11 is 4.42. The van der Waals surface area contributed by atoms with Crippen LogP contribution >= 0.6 is 12.2 Å². The second-order valence-corrected chi connectivity index (χ2v) is 2.97. The molecule has 7 heteroatoms. The highest BCUT2D eigenvalue weighted by molar-refractivity contribution is 7.80. The Labute approximate surface area is 89.4 Å². The van der Waals surface area contributed by atoms with Crippen LogP contribution in [0, 0.1) is 11.6 Å². The molecule has 0 aliphatic heterocycles. The highest BCUT2D eigenvalue weighted by Crippen LogP contribution is 2.20. The Kier molecular flexibility index (Phi) is 3.51. The van der Waals surface area contributed by atoms with Crippen molar-refractivity contribution in [2.24, 2.45) is 10.8 Å². The van der Waals surface area contributed by atoms with Crippen LogP contribution in [0.25, 0.3) is 0 Å². The first-order chi connectivity index (χ1) is 7.02. The van der Waals surface area contributed by atoms with Crippen molar-refractivity contribution >= 4 is 23.5 Å². The summed E-state index contributed by atoms with van der Waals surface area (Å²) in [6.45, 7) is 0. The van der Waals surface area contributed by atoms with E-state index in [1.54, 1.807) is 0 Å². The SMILES string of the molecule is NC(=S)NN=Cc1c(O)ccc(F)c1F. The first-order valence-corrected chi connectivity index (χ1v) is 4.18. The molecule has 0 heterocycles. The lowest BCUT2D eigenvalue weighted by Crippen LogP contribution is -2.24. The number of aromatic hydroxyl groups is 1. The quantitative estimate of drug-likeness (QED) is 0.400. The van der Waals surface area contributed by atoms with E-state index < -0.39 is 17.4 Å². The van der Waals surface area contributed by atoms with Crippen LogP contribution in [-0.2, 0) is 0 Å². The van der Waals surface area contributed by atoms with Crippen molar-refractivity contribution in [1.29, 1.82) is 0 Å². The number of thiocarbonyl (C=S) groups is 1. The van der Waals surface area contributed by atoms with Crippen molar-refractivity contribution in [3.05, 3.63) is 29.3 Å². The molecule has 0 spiro atoms. The predicted molar refractivity (Wildman–Crippen MR) is 55.5 cm³/mol. The van der Waals surface area contributed by atoms with E-state index in [2.05, 4.69) is 22.7 Å². The molecular weight excluding hydrogens is 224 g/mol. The molecule has 0 aliphatic rings. The van der Waals surface area contributed by atoms with Gasteiger partial charge in [0.2, 0.25) is 0 Å². The molecule has 1 rings (SSSR count). The van der Waals surface area contributed by atoms with Gasteiger partial charge in [-0.15, -0.1) is 0 Å². The van der Waals surface area contributed by atoms with Gasteiger partial charge in [0.1, 0.15) is 5.75 Å². The molecule has 15 heavy (non-hydrogen) atoms. The molecule has 4 N–H and O–H groups in total. The van der Waals surface area contributed by atoms with Gasteiger partial charge in [0, 0.05) is 0 Å². The zero-order valence-corrected chi connectivity index (χ0v) is 8.18. The van der Waals surface area contributed by atoms with Crippen LogP contribution in [-0.4, -0.2) is 16.4 Å². The lowest BCUT2D eigenvalue weighted by atomic mass is 10.2. The molecule has 0 fully saturated rings. The molecule has 0 saturated carbocycles. The third-order valence-corrected chi connectivity index (χ3v) is 1.57. The van der Waals surface area contributed by atoms with Gasteiger partial charge in [0.05, 0.1) is 11.8 Å². The monoisotopic (exact) mass is 231 g/mol. The average Bonchev–Trinajstić information content (AvgIpc) is 2.17. The maximum absolute atomic E-state index is 13.1. The van der Waals surface area contributed by atoms with E-state index in [1.165, 1.54) is 0 Å². The van der Waals surface area contributed by atoms with Gasteiger partial charge in [0.25, 0.3) is 0 Å². The summed E-state index contributed by atoms with van der Waals surface area (Å²) < 4.78 is 25.8. The van der Waals surface area contributed by atoms with Crippen LogP contribution in [0.1, 0.15) is 5.56 Å². The Morgan fingerprint density at radius 1 is 1.53 bits per heavy atom. The van der Waals surface area contributed by atoms with Crippen LogP contribution in [0.2, 0.25) is 0 Å². The largest absolute Gasteiger partial charge is 0.507 e. The van der Waals surface area contributed by atoms with E-state index in [4.69, 9.17) is 5.73 Å². The molecule has 80 valence electrons. The summed E-state index contributed by atoms with van der Waals surface area (Å²) in [5.74, 6) is -2.70. The summed E-state index contributed by atoms with van der Waals surface area (Å²) in [7, 11) is 0. The summed E-state index contributed by atoms with van der Waals surface area (Å²) in [6, 6.07) is 1.82. The van der Waals surface area contributed by atoms with Crippen molar-refractivity contribution in [1.82, 2.24) is 5.43 Å². The number of hydrazone groups is 1. The average molecular weight is 231 g/mol. The molecule has 0 unspecified atom stereocenters. The fourth-order valence-electron chi connectivity index (χ4n) is 0.839. The van der Waals surface area contributed by atoms with Crippen molar-refractivity contribution in [3.8, 4) is 5.75 Å². The zero-order chi connectivity index (χ0) is 11.4. The molecule has 0 atom stereocenters. The molecule has 0 aliphatic carbocycles. The standard InChI is InChI=1S/C8H7F2N3OS/c9-5-1-2-6(14)4(7(5)10)3-12-13-8(11)15/h1-3,14H,(H3,11,13,15). The maximum atomic E-state index is 13.1. The number of halogens is 2.